The maximum atomic E-state index is 11.3. The molecule has 2 aromatic heterocycles. The van der Waals surface area contributed by atoms with E-state index in [4.69, 9.17) is 27.6 Å². The van der Waals surface area contributed by atoms with Crippen molar-refractivity contribution >= 4 is 39.9 Å². The second-order valence-corrected chi connectivity index (χ2v) is 6.49. The van der Waals surface area contributed by atoms with Crippen LogP contribution in [0.15, 0.2) is 57.7 Å². The summed E-state index contributed by atoms with van der Waals surface area (Å²) in [6, 6.07) is 14.7. The Kier molecular flexibility index (Phi) is 4.03. The molecule has 0 bridgehead atoms. The summed E-state index contributed by atoms with van der Waals surface area (Å²) in [5, 5.41) is 4.39. The van der Waals surface area contributed by atoms with E-state index < -0.39 is 0 Å². The Morgan fingerprint density at radius 1 is 0.920 bits per heavy atom. The predicted molar refractivity (Wildman–Crippen MR) is 100 cm³/mol. The van der Waals surface area contributed by atoms with Gasteiger partial charge in [0, 0.05) is 21.3 Å². The van der Waals surface area contributed by atoms with E-state index in [2.05, 4.69) is 15.3 Å². The third kappa shape index (κ3) is 3.43. The Hall–Kier alpha value is -2.63. The first kappa shape index (κ1) is 15.9. The summed E-state index contributed by atoms with van der Waals surface area (Å²) in [4.78, 5) is 16.7. The highest BCUT2D eigenvalue weighted by atomic mass is 35.5. The molecule has 2 heterocycles. The van der Waals surface area contributed by atoms with E-state index in [1.807, 2.05) is 30.3 Å². The zero-order valence-corrected chi connectivity index (χ0v) is 14.4. The van der Waals surface area contributed by atoms with Gasteiger partial charge in [-0.05, 0) is 48.5 Å². The number of halogens is 2. The molecule has 0 amide bonds. The molecule has 0 atom stereocenters. The van der Waals surface area contributed by atoms with Crippen molar-refractivity contribution in [3.8, 4) is 11.3 Å². The average Bonchev–Trinajstić information content (AvgIpc) is 3.17. The molecule has 0 aliphatic carbocycles. The summed E-state index contributed by atoms with van der Waals surface area (Å²) in [6.45, 7) is 0.508. The van der Waals surface area contributed by atoms with Gasteiger partial charge in [-0.1, -0.05) is 23.2 Å². The van der Waals surface area contributed by atoms with Crippen LogP contribution in [0.1, 0.15) is 5.76 Å². The molecule has 2 aromatic carbocycles. The molecule has 3 N–H and O–H groups in total. The summed E-state index contributed by atoms with van der Waals surface area (Å²) in [7, 11) is 0. The standard InChI is InChI=1S/C18H13Cl2N3O2/c19-11-5-10(6-12(20)7-11)17-4-2-14(25-17)9-21-13-1-3-15-16(8-13)23-18(24)22-15/h1-8,21H,9H2,(H2,22,23,24). The van der Waals surface area contributed by atoms with Gasteiger partial charge in [0.05, 0.1) is 17.6 Å². The fraction of sp³-hybridized carbons (Fsp3) is 0.0556. The summed E-state index contributed by atoms with van der Waals surface area (Å²) >= 11 is 12.1. The number of H-pyrrole nitrogens is 2. The molecule has 0 unspecified atom stereocenters. The monoisotopic (exact) mass is 373 g/mol. The van der Waals surface area contributed by atoms with Gasteiger partial charge >= 0.3 is 5.69 Å². The zero-order valence-electron chi connectivity index (χ0n) is 12.9. The lowest BCUT2D eigenvalue weighted by molar-refractivity contribution is 0.531. The van der Waals surface area contributed by atoms with Crippen LogP contribution in [-0.4, -0.2) is 9.97 Å². The molecule has 0 spiro atoms. The van der Waals surface area contributed by atoms with Crippen molar-refractivity contribution in [1.29, 1.82) is 0 Å². The van der Waals surface area contributed by atoms with E-state index >= 15 is 0 Å². The van der Waals surface area contributed by atoms with Crippen LogP contribution in [0.5, 0.6) is 0 Å². The molecule has 0 aliphatic heterocycles. The van der Waals surface area contributed by atoms with Crippen molar-refractivity contribution in [2.45, 2.75) is 6.54 Å². The first-order valence-electron chi connectivity index (χ1n) is 7.58. The number of fused-ring (bicyclic) bond motifs is 1. The van der Waals surface area contributed by atoms with E-state index in [1.165, 1.54) is 0 Å². The highest BCUT2D eigenvalue weighted by molar-refractivity contribution is 6.35. The number of hydrogen-bond donors (Lipinski definition) is 3. The molecule has 126 valence electrons. The van der Waals surface area contributed by atoms with Gasteiger partial charge in [-0.25, -0.2) is 4.79 Å². The Morgan fingerprint density at radius 3 is 2.48 bits per heavy atom. The maximum Gasteiger partial charge on any atom is 0.323 e. The summed E-state index contributed by atoms with van der Waals surface area (Å²) in [6.07, 6.45) is 0. The Balaban J connectivity index is 1.51. The topological polar surface area (TPSA) is 73.8 Å². The van der Waals surface area contributed by atoms with Crippen molar-refractivity contribution in [2.24, 2.45) is 0 Å². The van der Waals surface area contributed by atoms with Gasteiger partial charge in [-0.2, -0.15) is 0 Å². The van der Waals surface area contributed by atoms with Gasteiger partial charge in [-0.3, -0.25) is 0 Å². The lowest BCUT2D eigenvalue weighted by Gasteiger charge is -2.04. The molecule has 0 saturated heterocycles. The highest BCUT2D eigenvalue weighted by Crippen LogP contribution is 2.29. The van der Waals surface area contributed by atoms with Gasteiger partial charge < -0.3 is 19.7 Å². The van der Waals surface area contributed by atoms with Crippen molar-refractivity contribution in [3.05, 3.63) is 74.8 Å². The molecular weight excluding hydrogens is 361 g/mol. The molecule has 0 radical (unpaired) electrons. The fourth-order valence-electron chi connectivity index (χ4n) is 2.66. The quantitative estimate of drug-likeness (QED) is 0.469. The van der Waals surface area contributed by atoms with Crippen molar-refractivity contribution in [3.63, 3.8) is 0 Å². The van der Waals surface area contributed by atoms with Gasteiger partial charge in [0.15, 0.2) is 0 Å². The summed E-state index contributed by atoms with van der Waals surface area (Å²) in [5.41, 5.74) is 3.02. The van der Waals surface area contributed by atoms with E-state index in [0.717, 1.165) is 28.0 Å². The SMILES string of the molecule is O=c1[nH]c2ccc(NCc3ccc(-c4cc(Cl)cc(Cl)c4)o3)cc2[nH]1. The lowest BCUT2D eigenvalue weighted by Crippen LogP contribution is -1.99. The number of nitrogens with one attached hydrogen (secondary N) is 3. The van der Waals surface area contributed by atoms with E-state index in [9.17, 15) is 4.79 Å². The van der Waals surface area contributed by atoms with Crippen LogP contribution in [-0.2, 0) is 6.54 Å². The molecular formula is C18H13Cl2N3O2. The zero-order chi connectivity index (χ0) is 17.4. The van der Waals surface area contributed by atoms with E-state index in [0.29, 0.717) is 22.4 Å². The van der Waals surface area contributed by atoms with Crippen LogP contribution in [0.25, 0.3) is 22.4 Å². The molecule has 4 aromatic rings. The van der Waals surface area contributed by atoms with Crippen LogP contribution < -0.4 is 11.0 Å². The number of furan rings is 1. The minimum Gasteiger partial charge on any atom is -0.459 e. The largest absolute Gasteiger partial charge is 0.459 e. The first-order chi connectivity index (χ1) is 12.1. The molecule has 7 heteroatoms. The lowest BCUT2D eigenvalue weighted by atomic mass is 10.2. The number of hydrogen-bond acceptors (Lipinski definition) is 3. The third-order valence-corrected chi connectivity index (χ3v) is 4.23. The summed E-state index contributed by atoms with van der Waals surface area (Å²) in [5.74, 6) is 1.47. The van der Waals surface area contributed by atoms with Gasteiger partial charge in [0.1, 0.15) is 11.5 Å². The van der Waals surface area contributed by atoms with Crippen LogP contribution in [0.2, 0.25) is 10.0 Å². The number of benzene rings is 2. The van der Waals surface area contributed by atoms with Crippen molar-refractivity contribution < 1.29 is 4.42 Å². The van der Waals surface area contributed by atoms with E-state index in [-0.39, 0.29) is 5.69 Å². The van der Waals surface area contributed by atoms with Crippen LogP contribution in [0.3, 0.4) is 0 Å². The van der Waals surface area contributed by atoms with Crippen LogP contribution in [0.4, 0.5) is 5.69 Å². The number of rotatable bonds is 4. The number of aromatic amines is 2. The molecule has 0 saturated carbocycles. The molecule has 4 rings (SSSR count). The molecule has 0 aliphatic rings. The second-order valence-electron chi connectivity index (χ2n) is 5.62. The highest BCUT2D eigenvalue weighted by Gasteiger charge is 2.07. The summed E-state index contributed by atoms with van der Waals surface area (Å²) < 4.78 is 5.85. The predicted octanol–water partition coefficient (Wildman–Crippen LogP) is 5.04. The molecule has 5 nitrogen and oxygen atoms in total. The van der Waals surface area contributed by atoms with E-state index in [1.54, 1.807) is 18.2 Å². The second kappa shape index (κ2) is 6.35. The normalized spacial score (nSPS) is 11.1. The minimum atomic E-state index is -0.219. The Labute approximate surface area is 152 Å². The minimum absolute atomic E-state index is 0.219. The smallest absolute Gasteiger partial charge is 0.323 e. The number of anilines is 1. The van der Waals surface area contributed by atoms with Gasteiger partial charge in [-0.15, -0.1) is 0 Å². The number of imidazole rings is 1. The maximum absolute atomic E-state index is 11.3. The average molecular weight is 374 g/mol. The van der Waals surface area contributed by atoms with Gasteiger partial charge in [0.2, 0.25) is 0 Å². The first-order valence-corrected chi connectivity index (χ1v) is 8.33. The van der Waals surface area contributed by atoms with Crippen LogP contribution >= 0.6 is 23.2 Å². The fourth-order valence-corrected chi connectivity index (χ4v) is 3.18. The van der Waals surface area contributed by atoms with Gasteiger partial charge in [0.25, 0.3) is 0 Å². The van der Waals surface area contributed by atoms with Crippen molar-refractivity contribution in [1.82, 2.24) is 9.97 Å². The Bertz CT molecular complexity index is 1090. The Morgan fingerprint density at radius 2 is 1.68 bits per heavy atom. The molecule has 25 heavy (non-hydrogen) atoms. The third-order valence-electron chi connectivity index (χ3n) is 3.79. The van der Waals surface area contributed by atoms with Crippen LogP contribution in [0, 0.1) is 0 Å². The van der Waals surface area contributed by atoms with Crippen molar-refractivity contribution in [2.75, 3.05) is 5.32 Å². The number of aromatic nitrogens is 2. The molecule has 0 fully saturated rings.